The topological polar surface area (TPSA) is 431 Å². The lowest BCUT2D eigenvalue weighted by atomic mass is 9.85. The average Bonchev–Trinajstić information content (AvgIpc) is 1.56. The highest BCUT2D eigenvalue weighted by Crippen LogP contribution is 2.50. The lowest BCUT2D eigenvalue weighted by Gasteiger charge is -2.36. The van der Waals surface area contributed by atoms with E-state index in [2.05, 4.69) is 31.4 Å². The Morgan fingerprint density at radius 1 is 0.584 bits per heavy atom. The van der Waals surface area contributed by atoms with Crippen molar-refractivity contribution in [3.63, 3.8) is 0 Å². The number of fused-ring (bicyclic) bond motifs is 6. The van der Waals surface area contributed by atoms with Gasteiger partial charge in [0.05, 0.1) is 87.3 Å². The molecule has 9 aliphatic rings. The van der Waals surface area contributed by atoms with E-state index in [1.807, 2.05) is 99.9 Å². The van der Waals surface area contributed by atoms with Crippen LogP contribution in [0.3, 0.4) is 0 Å². The van der Waals surface area contributed by atoms with Gasteiger partial charge in [-0.25, -0.2) is 39.1 Å². The second-order valence-electron chi connectivity index (χ2n) is 36.3. The van der Waals surface area contributed by atoms with Gasteiger partial charge in [-0.1, -0.05) is 96.5 Å². The van der Waals surface area contributed by atoms with E-state index in [0.29, 0.717) is 123 Å². The van der Waals surface area contributed by atoms with Crippen molar-refractivity contribution < 1.29 is 101 Å². The third-order valence-electron chi connectivity index (χ3n) is 24.4. The zero-order valence-corrected chi connectivity index (χ0v) is 76.1. The summed E-state index contributed by atoms with van der Waals surface area (Å²) in [5.74, 6) is -3.12. The van der Waals surface area contributed by atoms with Gasteiger partial charge in [0.25, 0.3) is 11.8 Å². The van der Waals surface area contributed by atoms with Crippen molar-refractivity contribution in [2.24, 2.45) is 28.4 Å². The van der Waals surface area contributed by atoms with E-state index in [-0.39, 0.29) is 117 Å². The maximum Gasteiger partial charge on any atom is 0.534 e. The van der Waals surface area contributed by atoms with Gasteiger partial charge < -0.3 is 89.9 Å². The molecule has 0 spiro atoms. The molecule has 9 fully saturated rings. The lowest BCUT2D eigenvalue weighted by Crippen LogP contribution is -2.59. The number of alkyl carbamates (subject to hydrolysis) is 1. The number of hydrogen-bond acceptors (Lipinski definition) is 29. The number of likely N-dealkylation sites (tertiary alicyclic amines) is 2. The Morgan fingerprint density at radius 2 is 1.02 bits per heavy atom. The Bertz CT molecular complexity index is 5040. The molecule has 38 heteroatoms. The summed E-state index contributed by atoms with van der Waals surface area (Å²) in [6.45, 7) is 23.1. The second kappa shape index (κ2) is 38.1. The number of pyridine rings is 2. The predicted octanol–water partition coefficient (Wildman–Crippen LogP) is 12.3. The van der Waals surface area contributed by atoms with Gasteiger partial charge in [0.15, 0.2) is 10.3 Å². The number of carbonyl (C=O) groups excluding carboxylic acids is 9. The zero-order chi connectivity index (χ0) is 90.2. The van der Waals surface area contributed by atoms with Gasteiger partial charge in [-0.3, -0.25) is 33.6 Å². The normalized spacial score (nSPS) is 26.4. The molecule has 7 saturated heterocycles. The van der Waals surface area contributed by atoms with Crippen LogP contribution in [0.25, 0.3) is 44.6 Å². The fraction of sp³-hybridized carbons (Fsp3) is 0.609. The first-order chi connectivity index (χ1) is 59.2. The number of carbonyl (C=O) groups is 10. The Balaban J connectivity index is 0.000000179. The molecule has 34 nitrogen and oxygen atoms in total. The van der Waals surface area contributed by atoms with Crippen molar-refractivity contribution in [1.29, 1.82) is 0 Å². The molecule has 125 heavy (non-hydrogen) atoms. The number of esters is 1. The molecule has 8 N–H and O–H groups in total. The minimum absolute atomic E-state index is 0.0387. The summed E-state index contributed by atoms with van der Waals surface area (Å²) in [6.07, 6.45) is 5.47. The van der Waals surface area contributed by atoms with Crippen molar-refractivity contribution in [1.82, 2.24) is 50.7 Å². The van der Waals surface area contributed by atoms with Crippen LogP contribution in [0.5, 0.6) is 23.0 Å². The predicted molar refractivity (Wildman–Crippen MR) is 464 cm³/mol. The number of nitrogens with two attached hydrogens (primary N) is 1. The van der Waals surface area contributed by atoms with Crippen molar-refractivity contribution in [3.8, 4) is 45.8 Å². The number of halogens is 2. The first kappa shape index (κ1) is 92.9. The summed E-state index contributed by atoms with van der Waals surface area (Å²) in [5, 5.41) is 32.9. The lowest BCUT2D eigenvalue weighted by molar-refractivity contribution is -0.180. The van der Waals surface area contributed by atoms with Crippen LogP contribution in [0.1, 0.15) is 186 Å². The third kappa shape index (κ3) is 20.8. The van der Waals surface area contributed by atoms with Gasteiger partial charge in [-0.15, -0.1) is 22.7 Å². The number of benzene rings is 2. The Hall–Kier alpha value is -9.72. The van der Waals surface area contributed by atoms with E-state index in [0.717, 1.165) is 35.9 Å². The molecular formula is C87H113Cl2N13O21S2. The highest BCUT2D eigenvalue weighted by atomic mass is 35.5. The Morgan fingerprint density at radius 3 is 1.42 bits per heavy atom. The smallest absolute Gasteiger partial charge is 0.495 e. The van der Waals surface area contributed by atoms with Crippen LogP contribution in [0.4, 0.5) is 19.9 Å². The molecule has 0 radical (unpaired) electrons. The SMILES string of the molecule is CC[C@@H]1C[C@]1(NC(=O)[C@@H]1C[C@@H](Oc2cc(-c3csc(NC(C)C)n3)nc3c(Cl)c(OC)ccc23)CN1C(=O)[C@@H](N)C(C)(C)C)C(=O)OC.CC[C@@H]1C[C@]1(NC(=O)[C@@H]1C[C@@H](Oc2cc(-c3csc(NC(C)C)n3)nc3c(Cl)c(OC)ccc23)CN1C(=O)[C@@H](NC(=O)OC1C[C@H]2CC[C@@H](C1)O2)C(C)(C)C)C(=O)O.O=C(OC1C[C@H]2CC[C@@H](C1)O2)ON1C(=O)CCC1=O. The maximum absolute atomic E-state index is 14.8. The fourth-order valence-corrected chi connectivity index (χ4v) is 19.7. The summed E-state index contributed by atoms with van der Waals surface area (Å²) in [7, 11) is 4.35. The molecule has 7 aliphatic heterocycles. The number of thiazole rings is 2. The highest BCUT2D eigenvalue weighted by Gasteiger charge is 2.64. The standard InChI is InChI=1S/C41H53ClN6O9S.C34H45ClN6O6S.C12H15NO6/c1-8-21-17-41(21,37(51)52)47-35(49)29-15-25(18-48(29)36(50)34(40(4,5)6)46-39(53)57-24-13-22-9-10-23(14-24)55-22)56-31-16-27(28-19-58-38(45-28)43-20(2)3)44-33-26(31)11-12-30(54-7)32(33)42;1-9-18-14-34(18,31(44)46-8)40-29(42)23-12-19(15-41(23)30(43)28(36)33(4,5)6)47-25-13-21(22-16-48-32(39-22)37-17(2)3)38-27-20(25)10-11-24(45-7)26(27)35;14-10-3-4-11(15)13(10)19-12(16)18-9-5-7-1-2-8(6-9)17-7/h11-12,16,19-25,29,34H,8-10,13-15,17-18H2,1-7H3,(H,43,45)(H,46,53)(H,47,49)(H,51,52);10-11,13,16-19,23,28H,9,12,14-15,36H2,1-8H3,(H,37,39)(H,40,42);7-9H,1-6H2/t21-,22-,23+,24?,25-,29+,34-,41-;18-,19-,23+,28-,34-;7-,8+,9?/m11./s1. The van der Waals surface area contributed by atoms with E-state index in [9.17, 15) is 53.1 Å². The number of methoxy groups -OCH3 is 3. The number of rotatable bonds is 26. The largest absolute Gasteiger partial charge is 0.534 e. The summed E-state index contributed by atoms with van der Waals surface area (Å²) < 4.78 is 51.9. The maximum atomic E-state index is 14.8. The number of aromatic nitrogens is 4. The van der Waals surface area contributed by atoms with E-state index >= 15 is 0 Å². The highest BCUT2D eigenvalue weighted by molar-refractivity contribution is 7.14. The van der Waals surface area contributed by atoms with E-state index in [1.54, 1.807) is 30.3 Å². The van der Waals surface area contributed by atoms with E-state index in [1.165, 1.54) is 53.8 Å². The van der Waals surface area contributed by atoms with Crippen LogP contribution in [0, 0.1) is 22.7 Å². The summed E-state index contributed by atoms with van der Waals surface area (Å²) in [5.41, 5.74) is 5.67. The van der Waals surface area contributed by atoms with Crippen molar-refractivity contribution in [2.45, 2.75) is 282 Å². The number of aliphatic carboxylic acids is 1. The molecule has 2 aliphatic carbocycles. The van der Waals surface area contributed by atoms with E-state index in [4.69, 9.17) is 91.5 Å². The average molecular weight is 1810 g/mol. The fourth-order valence-electron chi connectivity index (χ4n) is 17.4. The van der Waals surface area contributed by atoms with Crippen molar-refractivity contribution in [2.75, 3.05) is 45.1 Å². The van der Waals surface area contributed by atoms with Crippen molar-refractivity contribution in [3.05, 3.63) is 57.2 Å². The van der Waals surface area contributed by atoms with Crippen LogP contribution >= 0.6 is 45.9 Å². The molecule has 4 aromatic heterocycles. The second-order valence-corrected chi connectivity index (χ2v) is 38.7. The number of ether oxygens (including phenoxy) is 9. The molecule has 2 saturated carbocycles. The first-order valence-corrected chi connectivity index (χ1v) is 45.2. The quantitative estimate of drug-likeness (QED) is 0.0151. The zero-order valence-electron chi connectivity index (χ0n) is 73.0. The molecular weight excluding hydrogens is 1700 g/mol. The third-order valence-corrected chi connectivity index (χ3v) is 26.6. The van der Waals surface area contributed by atoms with Crippen LogP contribution in [0.2, 0.25) is 10.0 Å². The van der Waals surface area contributed by atoms with Gasteiger partial charge in [-0.05, 0) is 113 Å². The molecule has 6 aromatic rings. The number of hydroxylamine groups is 2. The number of carboxylic acid groups (broad SMARTS) is 1. The van der Waals surface area contributed by atoms with Gasteiger partial charge in [0.2, 0.25) is 23.6 Å². The summed E-state index contributed by atoms with van der Waals surface area (Å²) in [6, 6.07) is 6.96. The molecule has 15 rings (SSSR count). The number of nitrogens with zero attached hydrogens (tertiary/aromatic N) is 7. The molecule has 2 aromatic carbocycles. The molecule has 4 bridgehead atoms. The minimum atomic E-state index is -1.42. The Labute approximate surface area is 743 Å². The molecule has 2 unspecified atom stereocenters. The van der Waals surface area contributed by atoms with Crippen LogP contribution in [0.15, 0.2) is 47.2 Å². The van der Waals surface area contributed by atoms with Gasteiger partial charge >= 0.3 is 24.2 Å². The number of nitrogens with one attached hydrogen (secondary N) is 5. The van der Waals surface area contributed by atoms with Gasteiger partial charge in [0.1, 0.15) is 98.1 Å². The number of imide groups is 1. The number of hydrogen-bond donors (Lipinski definition) is 7. The summed E-state index contributed by atoms with van der Waals surface area (Å²) >= 11 is 16.5. The van der Waals surface area contributed by atoms with Gasteiger partial charge in [0, 0.05) is 97.1 Å². The molecule has 678 valence electrons. The molecule has 11 heterocycles. The van der Waals surface area contributed by atoms with Crippen LogP contribution in [-0.4, -0.2) is 230 Å². The number of anilines is 2. The van der Waals surface area contributed by atoms with Crippen molar-refractivity contribution >= 4 is 138 Å². The van der Waals surface area contributed by atoms with Gasteiger partial charge in [-0.2, -0.15) is 0 Å². The minimum Gasteiger partial charge on any atom is -0.495 e. The number of amides is 7. The first-order valence-electron chi connectivity index (χ1n) is 42.7. The monoisotopic (exact) mass is 1810 g/mol. The van der Waals surface area contributed by atoms with Crippen LogP contribution < -0.4 is 51.3 Å². The molecule has 7 amide bonds. The molecule has 16 atom stereocenters. The number of carboxylic acids is 1. The Kier molecular flexibility index (Phi) is 28.3. The van der Waals surface area contributed by atoms with Crippen LogP contribution in [-0.2, 0) is 66.9 Å². The summed E-state index contributed by atoms with van der Waals surface area (Å²) in [4.78, 5) is 156. The van der Waals surface area contributed by atoms with E-state index < -0.39 is 112 Å².